The molecule has 0 aliphatic carbocycles. The lowest BCUT2D eigenvalue weighted by atomic mass is 10.6. The van der Waals surface area contributed by atoms with E-state index in [2.05, 4.69) is 0 Å². The van der Waals surface area contributed by atoms with Crippen LogP contribution in [0.2, 0.25) is 0 Å². The van der Waals surface area contributed by atoms with Gasteiger partial charge in [0.15, 0.2) is 0 Å². The Morgan fingerprint density at radius 2 is 1.38 bits per heavy atom. The second-order valence-electron chi connectivity index (χ2n) is 1.30. The molecule has 1 aliphatic rings. The van der Waals surface area contributed by atoms with Crippen molar-refractivity contribution < 1.29 is 0 Å². The van der Waals surface area contributed by atoms with Crippen LogP contribution in [0.5, 0.6) is 0 Å². The predicted octanol–water partition coefficient (Wildman–Crippen LogP) is 0.982. The van der Waals surface area contributed by atoms with E-state index in [1.54, 1.807) is 12.2 Å². The third kappa shape index (κ3) is 1.38. The molecule has 0 spiro atoms. The summed E-state index contributed by atoms with van der Waals surface area (Å²) in [5, 5.41) is 1.62. The van der Waals surface area contributed by atoms with E-state index in [0.29, 0.717) is 0 Å². The minimum atomic E-state index is 0.809. The maximum Gasteiger partial charge on any atom is 0.0768 e. The van der Waals surface area contributed by atoms with Crippen molar-refractivity contribution in [2.75, 3.05) is 0 Å². The summed E-state index contributed by atoms with van der Waals surface area (Å²) in [5.41, 5.74) is 10.8. The van der Waals surface area contributed by atoms with Gasteiger partial charge in [-0.3, -0.25) is 0 Å². The van der Waals surface area contributed by atoms with Crippen LogP contribution in [-0.4, -0.2) is 0 Å². The van der Waals surface area contributed by atoms with Crippen LogP contribution in [0, 0.1) is 0 Å². The predicted molar refractivity (Wildman–Crippen MR) is 39.7 cm³/mol. The molecule has 0 unspecified atom stereocenters. The van der Waals surface area contributed by atoms with Crippen LogP contribution in [0.1, 0.15) is 0 Å². The molecule has 1 aliphatic heterocycles. The van der Waals surface area contributed by atoms with Crippen molar-refractivity contribution in [2.45, 2.75) is 0 Å². The lowest BCUT2D eigenvalue weighted by Gasteiger charge is -2.03. The smallest absolute Gasteiger partial charge is 0.0768 e. The molecule has 8 heavy (non-hydrogen) atoms. The van der Waals surface area contributed by atoms with Crippen LogP contribution in [-0.2, 0) is 0 Å². The number of hydrogen-bond acceptors (Lipinski definition) is 4. The van der Waals surface area contributed by atoms with Gasteiger partial charge >= 0.3 is 0 Å². The highest BCUT2D eigenvalue weighted by atomic mass is 33.1. The Morgan fingerprint density at radius 3 is 1.62 bits per heavy atom. The largest absolute Gasteiger partial charge is 0.393 e. The highest BCUT2D eigenvalue weighted by Gasteiger charge is 1.98. The lowest BCUT2D eigenvalue weighted by molar-refractivity contribution is 1.50. The number of hydrogen-bond donors (Lipinski definition) is 2. The van der Waals surface area contributed by atoms with Crippen molar-refractivity contribution in [3.63, 3.8) is 0 Å². The van der Waals surface area contributed by atoms with Crippen molar-refractivity contribution in [3.8, 4) is 0 Å². The Bertz CT molecular complexity index is 132. The standard InChI is InChI=1S/C4H6N2S2/c5-3-1-2-4(6)8-7-3/h1-2H,5-6H2. The second kappa shape index (κ2) is 2.37. The van der Waals surface area contributed by atoms with Crippen molar-refractivity contribution in [3.05, 3.63) is 22.2 Å². The molecule has 1 rings (SSSR count). The molecule has 0 aromatic heterocycles. The summed E-state index contributed by atoms with van der Waals surface area (Å²) in [6.07, 6.45) is 3.60. The Morgan fingerprint density at radius 1 is 1.00 bits per heavy atom. The topological polar surface area (TPSA) is 52.0 Å². The summed E-state index contributed by atoms with van der Waals surface area (Å²) >= 11 is 0. The highest BCUT2D eigenvalue weighted by molar-refractivity contribution is 8.79. The van der Waals surface area contributed by atoms with Gasteiger partial charge in [0.05, 0.1) is 10.1 Å². The molecular weight excluding hydrogens is 140 g/mol. The first-order chi connectivity index (χ1) is 3.79. The second-order valence-corrected chi connectivity index (χ2v) is 3.58. The van der Waals surface area contributed by atoms with Gasteiger partial charge in [-0.25, -0.2) is 0 Å². The third-order valence-electron chi connectivity index (χ3n) is 0.646. The first-order valence-corrected chi connectivity index (χ1v) is 4.21. The molecule has 0 saturated heterocycles. The van der Waals surface area contributed by atoms with E-state index < -0.39 is 0 Å². The fourth-order valence-electron chi connectivity index (χ4n) is 0.316. The first kappa shape index (κ1) is 5.91. The molecule has 0 saturated carbocycles. The average Bonchev–Trinajstić information content (AvgIpc) is 1.77. The summed E-state index contributed by atoms with van der Waals surface area (Å²) in [6, 6.07) is 0. The Balaban J connectivity index is 2.65. The quantitative estimate of drug-likeness (QED) is 0.500. The molecule has 4 heteroatoms. The zero-order chi connectivity index (χ0) is 5.98. The molecule has 0 radical (unpaired) electrons. The van der Waals surface area contributed by atoms with Crippen LogP contribution >= 0.6 is 21.6 Å². The van der Waals surface area contributed by atoms with Crippen molar-refractivity contribution in [2.24, 2.45) is 11.5 Å². The molecule has 1 heterocycles. The zero-order valence-electron chi connectivity index (χ0n) is 4.13. The van der Waals surface area contributed by atoms with E-state index in [1.165, 1.54) is 21.6 Å². The fraction of sp³-hybridized carbons (Fsp3) is 0. The van der Waals surface area contributed by atoms with Crippen molar-refractivity contribution >= 4 is 21.6 Å². The van der Waals surface area contributed by atoms with Gasteiger partial charge in [0.2, 0.25) is 0 Å². The van der Waals surface area contributed by atoms with E-state index in [1.807, 2.05) is 0 Å². The van der Waals surface area contributed by atoms with Gasteiger partial charge in [-0.1, -0.05) is 0 Å². The van der Waals surface area contributed by atoms with Crippen LogP contribution in [0.15, 0.2) is 22.2 Å². The first-order valence-electron chi connectivity index (χ1n) is 2.06. The van der Waals surface area contributed by atoms with Gasteiger partial charge in [-0.15, -0.1) is 0 Å². The molecule has 0 fully saturated rings. The summed E-state index contributed by atoms with van der Waals surface area (Å²) < 4.78 is 0. The fourth-order valence-corrected chi connectivity index (χ4v) is 1.67. The number of rotatable bonds is 0. The molecule has 0 aromatic rings. The van der Waals surface area contributed by atoms with E-state index in [4.69, 9.17) is 11.5 Å². The molecule has 4 N–H and O–H groups in total. The summed E-state index contributed by atoms with van der Waals surface area (Å²) in [7, 11) is 2.98. The van der Waals surface area contributed by atoms with Crippen LogP contribution in [0.25, 0.3) is 0 Å². The summed E-state index contributed by atoms with van der Waals surface area (Å²) in [5.74, 6) is 0. The minimum Gasteiger partial charge on any atom is -0.393 e. The summed E-state index contributed by atoms with van der Waals surface area (Å²) in [4.78, 5) is 0. The van der Waals surface area contributed by atoms with Crippen molar-refractivity contribution in [1.29, 1.82) is 0 Å². The maximum absolute atomic E-state index is 5.40. The molecule has 2 nitrogen and oxygen atoms in total. The highest BCUT2D eigenvalue weighted by Crippen LogP contribution is 2.34. The van der Waals surface area contributed by atoms with Crippen LogP contribution in [0.4, 0.5) is 0 Å². The molecule has 0 bridgehead atoms. The molecule has 0 aromatic carbocycles. The van der Waals surface area contributed by atoms with Gasteiger partial charge in [0, 0.05) is 0 Å². The molecular formula is C4H6N2S2. The monoisotopic (exact) mass is 146 g/mol. The van der Waals surface area contributed by atoms with E-state index in [-0.39, 0.29) is 0 Å². The van der Waals surface area contributed by atoms with Gasteiger partial charge in [0.1, 0.15) is 0 Å². The van der Waals surface area contributed by atoms with Crippen LogP contribution < -0.4 is 11.5 Å². The molecule has 0 atom stereocenters. The van der Waals surface area contributed by atoms with Crippen molar-refractivity contribution in [1.82, 2.24) is 0 Å². The minimum absolute atomic E-state index is 0.809. The average molecular weight is 146 g/mol. The summed E-state index contributed by atoms with van der Waals surface area (Å²) in [6.45, 7) is 0. The van der Waals surface area contributed by atoms with Gasteiger partial charge in [-0.2, -0.15) is 0 Å². The third-order valence-corrected chi connectivity index (χ3v) is 2.79. The van der Waals surface area contributed by atoms with Gasteiger partial charge in [-0.05, 0) is 33.7 Å². The number of allylic oxidation sites excluding steroid dienone is 2. The normalized spacial score (nSPS) is 19.5. The van der Waals surface area contributed by atoms with Crippen LogP contribution in [0.3, 0.4) is 0 Å². The lowest BCUT2D eigenvalue weighted by Crippen LogP contribution is -1.97. The molecule has 0 amide bonds. The molecule has 44 valence electrons. The van der Waals surface area contributed by atoms with E-state index in [0.717, 1.165) is 10.1 Å². The van der Waals surface area contributed by atoms with Gasteiger partial charge in [0.25, 0.3) is 0 Å². The van der Waals surface area contributed by atoms with E-state index in [9.17, 15) is 0 Å². The Kier molecular flexibility index (Phi) is 1.75. The SMILES string of the molecule is NC1=CC=C(N)SS1. The van der Waals surface area contributed by atoms with Gasteiger partial charge < -0.3 is 11.5 Å². The van der Waals surface area contributed by atoms with E-state index >= 15 is 0 Å². The maximum atomic E-state index is 5.40. The Labute approximate surface area is 55.8 Å². The Hall–Kier alpha value is -0.220. The number of nitrogens with two attached hydrogens (primary N) is 2. The zero-order valence-corrected chi connectivity index (χ0v) is 5.76.